The van der Waals surface area contributed by atoms with Crippen LogP contribution in [0, 0.1) is 13.8 Å². The van der Waals surface area contributed by atoms with Gasteiger partial charge in [-0.1, -0.05) is 114 Å². The number of unbranched alkanes of at least 4 members (excludes halogenated alkanes) is 10. The Balaban J connectivity index is 0.000000271. The maximum absolute atomic E-state index is 12.8. The molecule has 0 fully saturated rings. The lowest BCUT2D eigenvalue weighted by atomic mass is 10.0. The van der Waals surface area contributed by atoms with Crippen LogP contribution in [-0.2, 0) is 30.8 Å². The van der Waals surface area contributed by atoms with Crippen LogP contribution < -0.4 is 16.2 Å². The first-order valence-corrected chi connectivity index (χ1v) is 19.6. The number of pyridine rings is 2. The lowest BCUT2D eigenvalue weighted by molar-refractivity contribution is -0.137. The average molecular weight is 704 g/mol. The van der Waals surface area contributed by atoms with Crippen molar-refractivity contribution >= 4 is 44.8 Å². The van der Waals surface area contributed by atoms with E-state index < -0.39 is 5.97 Å². The summed E-state index contributed by atoms with van der Waals surface area (Å²) in [5.74, 6) is -0.882. The quantitative estimate of drug-likeness (QED) is 0.0999. The highest BCUT2D eigenvalue weighted by Crippen LogP contribution is 2.20. The van der Waals surface area contributed by atoms with Gasteiger partial charge in [0.05, 0.1) is 17.7 Å². The Kier molecular flexibility index (Phi) is 17.4. The smallest absolute Gasteiger partial charge is 0.323 e. The maximum Gasteiger partial charge on any atom is 0.323 e. The monoisotopic (exact) mass is 703 g/mol. The van der Waals surface area contributed by atoms with E-state index >= 15 is 0 Å². The summed E-state index contributed by atoms with van der Waals surface area (Å²) in [6.07, 6.45) is 17.7. The van der Waals surface area contributed by atoms with Crippen LogP contribution in [0.25, 0.3) is 21.8 Å². The molecule has 0 aliphatic carbocycles. The van der Waals surface area contributed by atoms with E-state index in [2.05, 4.69) is 23.7 Å². The zero-order valence-corrected chi connectivity index (χ0v) is 31.6. The molecule has 4 aromatic rings. The molecule has 4 rings (SSSR count). The van der Waals surface area contributed by atoms with E-state index in [1.807, 2.05) is 56.3 Å². The standard InChI is InChI=1S/C21H30N2O2S.C20H27NO3/c1-4-5-6-7-8-9-13-18-16(2)20(24)17-12-10-11-14-19(17)23(18)15-22-21(25)26-3;1-3-4-5-6-7-8-12-17-15(2)20(24)16-11-9-10-13-18(16)21(17)14-19(22)23/h10-12,14H,4-9,13,15H2,1-3H3,(H,22,25);9-11,13H,3-8,12,14H2,1-2H3,(H,22,23). The van der Waals surface area contributed by atoms with Crippen molar-refractivity contribution in [2.75, 3.05) is 6.26 Å². The summed E-state index contributed by atoms with van der Waals surface area (Å²) >= 11 is 1.17. The van der Waals surface area contributed by atoms with Crippen LogP contribution in [0.15, 0.2) is 58.1 Å². The number of benzene rings is 2. The van der Waals surface area contributed by atoms with Gasteiger partial charge in [0.15, 0.2) is 10.9 Å². The predicted molar refractivity (Wildman–Crippen MR) is 210 cm³/mol. The molecule has 0 bridgehead atoms. The zero-order valence-electron chi connectivity index (χ0n) is 30.8. The van der Waals surface area contributed by atoms with E-state index in [1.54, 1.807) is 16.9 Å². The number of aliphatic carboxylic acids is 1. The van der Waals surface area contributed by atoms with Crippen molar-refractivity contribution in [3.63, 3.8) is 0 Å². The van der Waals surface area contributed by atoms with Gasteiger partial charge in [0.25, 0.3) is 5.24 Å². The summed E-state index contributed by atoms with van der Waals surface area (Å²) in [6.45, 7) is 8.44. The topological polar surface area (TPSA) is 110 Å². The van der Waals surface area contributed by atoms with Gasteiger partial charge in [0, 0.05) is 33.3 Å². The van der Waals surface area contributed by atoms with Gasteiger partial charge < -0.3 is 19.6 Å². The molecule has 2 N–H and O–H groups in total. The average Bonchev–Trinajstić information content (AvgIpc) is 3.12. The van der Waals surface area contributed by atoms with Gasteiger partial charge in [0.2, 0.25) is 0 Å². The number of thioether (sulfide) groups is 1. The van der Waals surface area contributed by atoms with E-state index in [0.29, 0.717) is 17.6 Å². The molecule has 0 atom stereocenters. The van der Waals surface area contributed by atoms with E-state index in [0.717, 1.165) is 65.5 Å². The highest BCUT2D eigenvalue weighted by molar-refractivity contribution is 8.12. The second-order valence-electron chi connectivity index (χ2n) is 13.1. The number of carboxylic acid groups (broad SMARTS) is 1. The first-order valence-electron chi connectivity index (χ1n) is 18.4. The van der Waals surface area contributed by atoms with Crippen LogP contribution in [0.4, 0.5) is 4.79 Å². The van der Waals surface area contributed by atoms with Gasteiger partial charge in [-0.25, -0.2) is 0 Å². The number of hydrogen-bond acceptors (Lipinski definition) is 5. The number of carbonyl (C=O) groups excluding carboxylic acids is 1. The second kappa shape index (κ2) is 21.4. The van der Waals surface area contributed by atoms with Crippen LogP contribution in [0.5, 0.6) is 0 Å². The Bertz CT molecular complexity index is 1830. The molecule has 2 aromatic heterocycles. The molecule has 50 heavy (non-hydrogen) atoms. The number of carboxylic acids is 1. The van der Waals surface area contributed by atoms with Crippen LogP contribution in [-0.4, -0.2) is 31.7 Å². The summed E-state index contributed by atoms with van der Waals surface area (Å²) in [5, 5.41) is 13.5. The van der Waals surface area contributed by atoms with Crippen molar-refractivity contribution in [2.24, 2.45) is 0 Å². The molecule has 9 heteroatoms. The van der Waals surface area contributed by atoms with Crippen LogP contribution in [0.2, 0.25) is 0 Å². The molecule has 0 saturated heterocycles. The van der Waals surface area contributed by atoms with Crippen molar-refractivity contribution in [1.82, 2.24) is 14.5 Å². The summed E-state index contributed by atoms with van der Waals surface area (Å²) in [5.41, 5.74) is 5.14. The molecule has 0 unspecified atom stereocenters. The number of carbonyl (C=O) groups is 2. The lowest BCUT2D eigenvalue weighted by Crippen LogP contribution is -2.27. The zero-order chi connectivity index (χ0) is 36.5. The minimum atomic E-state index is -0.882. The Morgan fingerprint density at radius 3 is 1.54 bits per heavy atom. The highest BCUT2D eigenvalue weighted by Gasteiger charge is 2.16. The van der Waals surface area contributed by atoms with Gasteiger partial charge in [-0.15, -0.1) is 0 Å². The maximum atomic E-state index is 12.8. The molecule has 8 nitrogen and oxygen atoms in total. The fourth-order valence-electron chi connectivity index (χ4n) is 6.67. The fourth-order valence-corrected chi connectivity index (χ4v) is 6.88. The number of nitrogens with one attached hydrogen (secondary N) is 1. The first kappa shape index (κ1) is 40.6. The lowest BCUT2D eigenvalue weighted by Gasteiger charge is -2.19. The summed E-state index contributed by atoms with van der Waals surface area (Å²) < 4.78 is 3.91. The van der Waals surface area contributed by atoms with Gasteiger partial charge in [-0.05, 0) is 70.1 Å². The molecule has 0 radical (unpaired) electrons. The number of nitrogens with zero attached hydrogens (tertiary/aromatic N) is 2. The van der Waals surface area contributed by atoms with Crippen molar-refractivity contribution in [3.8, 4) is 0 Å². The normalized spacial score (nSPS) is 11.1. The third-order valence-corrected chi connectivity index (χ3v) is 9.99. The Hall–Kier alpha value is -3.85. The molecule has 2 aromatic carbocycles. The molecule has 272 valence electrons. The third-order valence-electron chi connectivity index (χ3n) is 9.47. The van der Waals surface area contributed by atoms with Gasteiger partial charge >= 0.3 is 5.97 Å². The second-order valence-corrected chi connectivity index (χ2v) is 13.9. The van der Waals surface area contributed by atoms with E-state index in [-0.39, 0.29) is 22.6 Å². The number of fused-ring (bicyclic) bond motifs is 2. The molecular weight excluding hydrogens is 647 g/mol. The van der Waals surface area contributed by atoms with Crippen molar-refractivity contribution in [3.05, 3.63) is 91.5 Å². The molecular formula is C41H57N3O5S. The molecule has 0 aliphatic rings. The third kappa shape index (κ3) is 11.3. The number of para-hydroxylation sites is 2. The minimum Gasteiger partial charge on any atom is -0.480 e. The van der Waals surface area contributed by atoms with Crippen LogP contribution >= 0.6 is 11.8 Å². The largest absolute Gasteiger partial charge is 0.480 e. The number of amides is 1. The van der Waals surface area contributed by atoms with E-state index in [9.17, 15) is 24.3 Å². The Labute approximate surface area is 301 Å². The first-order chi connectivity index (χ1) is 24.2. The Morgan fingerprint density at radius 1 is 0.660 bits per heavy atom. The van der Waals surface area contributed by atoms with Gasteiger partial charge in [-0.3, -0.25) is 19.2 Å². The van der Waals surface area contributed by atoms with Gasteiger partial charge in [0.1, 0.15) is 6.54 Å². The summed E-state index contributed by atoms with van der Waals surface area (Å²) in [7, 11) is 0. The molecule has 0 spiro atoms. The number of rotatable bonds is 18. The van der Waals surface area contributed by atoms with Crippen molar-refractivity contribution in [2.45, 2.75) is 131 Å². The van der Waals surface area contributed by atoms with Crippen LogP contribution in [0.1, 0.15) is 113 Å². The molecule has 0 aliphatic heterocycles. The SMILES string of the molecule is CCCCCCCCc1c(C)c(=O)c2ccccc2n1CC(=O)O.CCCCCCCCc1c(C)c(=O)c2ccccc2n1CNC(=O)SC. The van der Waals surface area contributed by atoms with Crippen LogP contribution in [0.3, 0.4) is 0 Å². The Morgan fingerprint density at radius 2 is 1.08 bits per heavy atom. The van der Waals surface area contributed by atoms with E-state index in [1.165, 1.54) is 69.5 Å². The molecule has 2 heterocycles. The predicted octanol–water partition coefficient (Wildman–Crippen LogP) is 9.54. The summed E-state index contributed by atoms with van der Waals surface area (Å²) in [6, 6.07) is 14.9. The number of aromatic nitrogens is 2. The van der Waals surface area contributed by atoms with E-state index in [4.69, 9.17) is 0 Å². The minimum absolute atomic E-state index is 0.0215. The molecule has 1 amide bonds. The number of hydrogen-bond donors (Lipinski definition) is 2. The van der Waals surface area contributed by atoms with Gasteiger partial charge in [-0.2, -0.15) is 0 Å². The summed E-state index contributed by atoms with van der Waals surface area (Å²) in [4.78, 5) is 48.4. The highest BCUT2D eigenvalue weighted by atomic mass is 32.2. The fraction of sp³-hybridized carbons (Fsp3) is 0.512. The molecule has 0 saturated carbocycles. The van der Waals surface area contributed by atoms with Crippen molar-refractivity contribution in [1.29, 1.82) is 0 Å². The van der Waals surface area contributed by atoms with Crippen molar-refractivity contribution < 1.29 is 14.7 Å².